The summed E-state index contributed by atoms with van der Waals surface area (Å²) in [5.74, 6) is -0.00915. The summed E-state index contributed by atoms with van der Waals surface area (Å²) in [6.45, 7) is 4.90. The van der Waals surface area contributed by atoms with Gasteiger partial charge >= 0.3 is 0 Å². The molecule has 1 saturated heterocycles. The third kappa shape index (κ3) is 4.13. The maximum absolute atomic E-state index is 12.5. The maximum atomic E-state index is 12.5. The second kappa shape index (κ2) is 8.11. The van der Waals surface area contributed by atoms with Crippen molar-refractivity contribution in [3.05, 3.63) is 47.5 Å². The molecule has 1 amide bonds. The lowest BCUT2D eigenvalue weighted by atomic mass is 10.2. The average molecular weight is 425 g/mol. The third-order valence-electron chi connectivity index (χ3n) is 5.09. The Bertz CT molecular complexity index is 1100. The number of aromatic nitrogens is 1. The maximum Gasteiger partial charge on any atom is 0.238 e. The number of fused-ring (bicyclic) bond motifs is 2. The first-order chi connectivity index (χ1) is 14.2. The fourth-order valence-electron chi connectivity index (χ4n) is 3.58. The zero-order valence-corrected chi connectivity index (χ0v) is 17.4. The van der Waals surface area contributed by atoms with Gasteiger partial charge in [-0.05, 0) is 24.3 Å². The number of hydrogen-bond acceptors (Lipinski definition) is 7. The lowest BCUT2D eigenvalue weighted by Crippen LogP contribution is -2.48. The minimum Gasteiger partial charge on any atom is -0.323 e. The van der Waals surface area contributed by atoms with Crippen LogP contribution in [0.4, 0.5) is 17.1 Å². The van der Waals surface area contributed by atoms with E-state index in [1.807, 2.05) is 24.3 Å². The van der Waals surface area contributed by atoms with Crippen LogP contribution in [0.25, 0.3) is 10.2 Å². The fourth-order valence-corrected chi connectivity index (χ4v) is 5.14. The molecule has 0 aliphatic carbocycles. The van der Waals surface area contributed by atoms with Gasteiger partial charge in [0.1, 0.15) is 16.4 Å². The van der Waals surface area contributed by atoms with Gasteiger partial charge in [0.2, 0.25) is 5.91 Å². The monoisotopic (exact) mass is 424 g/mol. The third-order valence-corrected chi connectivity index (χ3v) is 6.65. The molecule has 3 heterocycles. The molecule has 2 aliphatic heterocycles. The van der Waals surface area contributed by atoms with Crippen molar-refractivity contribution in [2.24, 2.45) is 8.73 Å². The van der Waals surface area contributed by atoms with Crippen LogP contribution in [0, 0.1) is 0 Å². The zero-order valence-electron chi connectivity index (χ0n) is 15.7. The topological polar surface area (TPSA) is 73.2 Å². The van der Waals surface area contributed by atoms with Crippen LogP contribution in [0.2, 0.25) is 0 Å². The molecule has 0 atom stereocenters. The van der Waals surface area contributed by atoms with Crippen molar-refractivity contribution in [3.8, 4) is 0 Å². The molecular weight excluding hydrogens is 404 g/mol. The fraction of sp³-hybridized carbons (Fsp3) is 0.300. The molecule has 1 N–H and O–H groups in total. The normalized spacial score (nSPS) is 16.7. The van der Waals surface area contributed by atoms with Crippen molar-refractivity contribution in [3.63, 3.8) is 0 Å². The molecule has 1 aromatic heterocycles. The van der Waals surface area contributed by atoms with Gasteiger partial charge in [-0.2, -0.15) is 8.73 Å². The summed E-state index contributed by atoms with van der Waals surface area (Å²) in [6, 6.07) is 13.9. The van der Waals surface area contributed by atoms with Crippen LogP contribution >= 0.6 is 11.3 Å². The Labute approximate surface area is 176 Å². The number of amides is 1. The molecule has 148 valence electrons. The van der Waals surface area contributed by atoms with Crippen LogP contribution in [0.15, 0.2) is 51.2 Å². The number of thiazole rings is 1. The first-order valence-corrected chi connectivity index (χ1v) is 11.1. The van der Waals surface area contributed by atoms with E-state index in [4.69, 9.17) is 4.98 Å². The summed E-state index contributed by atoms with van der Waals surface area (Å²) in [6.07, 6.45) is 0. The number of anilines is 1. The predicted octanol–water partition coefficient (Wildman–Crippen LogP) is 3.78. The Balaban J connectivity index is 1.13. The lowest BCUT2D eigenvalue weighted by Gasteiger charge is -2.33. The molecule has 1 fully saturated rings. The van der Waals surface area contributed by atoms with Crippen molar-refractivity contribution >= 4 is 55.9 Å². The largest absolute Gasteiger partial charge is 0.323 e. The molecule has 2 aromatic carbocycles. The minimum atomic E-state index is -0.00915. The Morgan fingerprint density at radius 2 is 1.83 bits per heavy atom. The average Bonchev–Trinajstić information content (AvgIpc) is 3.36. The molecule has 7 nitrogen and oxygen atoms in total. The van der Waals surface area contributed by atoms with E-state index >= 15 is 0 Å². The number of hydrogen-bond donors (Lipinski definition) is 1. The second-order valence-corrected chi connectivity index (χ2v) is 8.76. The van der Waals surface area contributed by atoms with E-state index in [0.717, 1.165) is 71.7 Å². The van der Waals surface area contributed by atoms with E-state index in [2.05, 4.69) is 42.0 Å². The van der Waals surface area contributed by atoms with Gasteiger partial charge in [-0.1, -0.05) is 18.2 Å². The van der Waals surface area contributed by atoms with Gasteiger partial charge in [0, 0.05) is 26.2 Å². The second-order valence-electron chi connectivity index (χ2n) is 7.11. The van der Waals surface area contributed by atoms with Crippen molar-refractivity contribution in [1.29, 1.82) is 0 Å². The number of carbonyl (C=O) groups is 1. The lowest BCUT2D eigenvalue weighted by molar-refractivity contribution is -0.117. The van der Waals surface area contributed by atoms with Crippen molar-refractivity contribution in [2.45, 2.75) is 6.54 Å². The summed E-state index contributed by atoms with van der Waals surface area (Å²) in [4.78, 5) is 21.8. The van der Waals surface area contributed by atoms with E-state index in [9.17, 15) is 4.79 Å². The van der Waals surface area contributed by atoms with Crippen LogP contribution in [-0.4, -0.2) is 53.4 Å². The highest BCUT2D eigenvalue weighted by Gasteiger charge is 2.21. The summed E-state index contributed by atoms with van der Waals surface area (Å²) in [7, 11) is 0. The van der Waals surface area contributed by atoms with E-state index in [1.54, 1.807) is 11.3 Å². The molecular formula is C20H20N6OS2. The summed E-state index contributed by atoms with van der Waals surface area (Å²) < 4.78 is 9.73. The molecule has 3 aromatic rings. The molecule has 0 unspecified atom stereocenters. The molecule has 0 spiro atoms. The van der Waals surface area contributed by atoms with Gasteiger partial charge < -0.3 is 5.32 Å². The number of piperazine rings is 1. The van der Waals surface area contributed by atoms with E-state index in [0.29, 0.717) is 6.54 Å². The van der Waals surface area contributed by atoms with Crippen LogP contribution in [-0.2, 0) is 22.7 Å². The van der Waals surface area contributed by atoms with Crippen LogP contribution < -0.4 is 5.32 Å². The molecule has 0 radical (unpaired) electrons. The van der Waals surface area contributed by atoms with Gasteiger partial charge in [0.05, 0.1) is 40.3 Å². The minimum absolute atomic E-state index is 0.00915. The Morgan fingerprint density at radius 1 is 1.00 bits per heavy atom. The quantitative estimate of drug-likeness (QED) is 0.529. The number of rotatable bonds is 5. The van der Waals surface area contributed by atoms with Gasteiger partial charge in [0.25, 0.3) is 0 Å². The van der Waals surface area contributed by atoms with Crippen LogP contribution in [0.3, 0.4) is 0 Å². The highest BCUT2D eigenvalue weighted by atomic mass is 32.1. The van der Waals surface area contributed by atoms with E-state index < -0.39 is 0 Å². The molecule has 0 bridgehead atoms. The summed E-state index contributed by atoms with van der Waals surface area (Å²) in [5, 5.41) is 4.14. The summed E-state index contributed by atoms with van der Waals surface area (Å²) in [5.41, 5.74) is 3.38. The molecule has 5 rings (SSSR count). The Morgan fingerprint density at radius 3 is 2.69 bits per heavy atom. The number of nitrogens with one attached hydrogen (secondary N) is 1. The number of nitrogens with zero attached hydrogens (tertiary/aromatic N) is 5. The van der Waals surface area contributed by atoms with Gasteiger partial charge in [0.15, 0.2) is 0 Å². The van der Waals surface area contributed by atoms with E-state index in [-0.39, 0.29) is 5.91 Å². The standard InChI is InChI=1S/C20H20N6OS2/c27-18(21-15-5-3-6-16-20(15)24-29-23-16)12-25-8-10-26(11-9-25)13-19-22-14-4-1-2-7-17(14)28-19/h1-7H,8-13H2,(H,21,27). The molecule has 9 heteroatoms. The molecule has 0 saturated carbocycles. The van der Waals surface area contributed by atoms with Crippen LogP contribution in [0.5, 0.6) is 0 Å². The van der Waals surface area contributed by atoms with Crippen molar-refractivity contribution in [2.75, 3.05) is 38.0 Å². The molecule has 29 heavy (non-hydrogen) atoms. The zero-order chi connectivity index (χ0) is 19.6. The highest BCUT2D eigenvalue weighted by Crippen LogP contribution is 2.38. The van der Waals surface area contributed by atoms with Crippen LogP contribution in [0.1, 0.15) is 5.01 Å². The number of carbonyl (C=O) groups excluding carboxylic acids is 1. The molecule has 2 aliphatic rings. The number of benzene rings is 2. The summed E-state index contributed by atoms with van der Waals surface area (Å²) >= 11 is 2.92. The SMILES string of the molecule is O=C(CN1CCN(Cc2nc3ccccc3s2)CC1)Nc1cccc2c1N=S=N2. The van der Waals surface area contributed by atoms with Gasteiger partial charge in [-0.25, -0.2) is 4.98 Å². The first kappa shape index (κ1) is 18.6. The smallest absolute Gasteiger partial charge is 0.238 e. The van der Waals surface area contributed by atoms with Gasteiger partial charge in [-0.3, -0.25) is 14.6 Å². The van der Waals surface area contributed by atoms with E-state index in [1.165, 1.54) is 4.70 Å². The Hall–Kier alpha value is -2.46. The number of para-hydroxylation sites is 1. The highest BCUT2D eigenvalue weighted by molar-refractivity contribution is 7.58. The van der Waals surface area contributed by atoms with Crippen molar-refractivity contribution in [1.82, 2.24) is 14.8 Å². The van der Waals surface area contributed by atoms with Crippen molar-refractivity contribution < 1.29 is 4.79 Å². The Kier molecular flexibility index (Phi) is 5.19. The van der Waals surface area contributed by atoms with Gasteiger partial charge in [-0.15, -0.1) is 11.3 Å². The predicted molar refractivity (Wildman–Crippen MR) is 118 cm³/mol. The first-order valence-electron chi connectivity index (χ1n) is 9.55.